The third-order valence-corrected chi connectivity index (χ3v) is 4.14. The second kappa shape index (κ2) is 8.65. The molecule has 1 rings (SSSR count). The SMILES string of the molecule is CCOc1c(C(C)C)cc(Cl)cc1C(CC)CCC(C)N. The van der Waals surface area contributed by atoms with Crippen molar-refractivity contribution in [2.24, 2.45) is 5.73 Å². The van der Waals surface area contributed by atoms with Gasteiger partial charge in [-0.25, -0.2) is 0 Å². The minimum atomic E-state index is 0.235. The number of hydrogen-bond donors (Lipinski definition) is 1. The minimum Gasteiger partial charge on any atom is -0.493 e. The first kappa shape index (κ1) is 18.3. The number of hydrogen-bond acceptors (Lipinski definition) is 2. The van der Waals surface area contributed by atoms with Crippen molar-refractivity contribution in [2.75, 3.05) is 6.61 Å². The van der Waals surface area contributed by atoms with Crippen molar-refractivity contribution in [1.82, 2.24) is 0 Å². The first-order chi connectivity index (χ1) is 9.90. The van der Waals surface area contributed by atoms with E-state index in [1.165, 1.54) is 11.1 Å². The van der Waals surface area contributed by atoms with Gasteiger partial charge in [0.05, 0.1) is 6.61 Å². The molecule has 0 spiro atoms. The van der Waals surface area contributed by atoms with Crippen LogP contribution < -0.4 is 10.5 Å². The van der Waals surface area contributed by atoms with Gasteiger partial charge in [0.15, 0.2) is 0 Å². The summed E-state index contributed by atoms with van der Waals surface area (Å²) in [4.78, 5) is 0. The Kier molecular flexibility index (Phi) is 7.55. The normalized spacial score (nSPS) is 14.3. The topological polar surface area (TPSA) is 35.2 Å². The molecule has 0 radical (unpaired) electrons. The Balaban J connectivity index is 3.23. The Morgan fingerprint density at radius 1 is 1.10 bits per heavy atom. The fraction of sp³-hybridized carbons (Fsp3) is 0.667. The van der Waals surface area contributed by atoms with Gasteiger partial charge in [0.2, 0.25) is 0 Å². The van der Waals surface area contributed by atoms with Crippen molar-refractivity contribution in [1.29, 1.82) is 0 Å². The van der Waals surface area contributed by atoms with E-state index in [0.717, 1.165) is 30.0 Å². The summed E-state index contributed by atoms with van der Waals surface area (Å²) in [6.45, 7) is 11.4. The zero-order valence-electron chi connectivity index (χ0n) is 14.1. The summed E-state index contributed by atoms with van der Waals surface area (Å²) >= 11 is 6.35. The van der Waals surface area contributed by atoms with Crippen LogP contribution in [0, 0.1) is 0 Å². The predicted molar refractivity (Wildman–Crippen MR) is 92.6 cm³/mol. The number of ether oxygens (including phenoxy) is 1. The molecule has 0 aliphatic rings. The van der Waals surface area contributed by atoms with E-state index < -0.39 is 0 Å². The summed E-state index contributed by atoms with van der Waals surface area (Å²) in [5.41, 5.74) is 8.37. The lowest BCUT2D eigenvalue weighted by molar-refractivity contribution is 0.327. The molecule has 1 aromatic rings. The minimum absolute atomic E-state index is 0.235. The highest BCUT2D eigenvalue weighted by Gasteiger charge is 2.20. The van der Waals surface area contributed by atoms with Crippen LogP contribution in [0.3, 0.4) is 0 Å². The lowest BCUT2D eigenvalue weighted by Gasteiger charge is -2.24. The molecule has 0 saturated heterocycles. The molecule has 2 nitrogen and oxygen atoms in total. The lowest BCUT2D eigenvalue weighted by Crippen LogP contribution is -2.16. The van der Waals surface area contributed by atoms with E-state index in [9.17, 15) is 0 Å². The monoisotopic (exact) mass is 311 g/mol. The predicted octanol–water partition coefficient (Wildman–Crippen LogP) is 5.48. The van der Waals surface area contributed by atoms with Gasteiger partial charge in [-0.2, -0.15) is 0 Å². The van der Waals surface area contributed by atoms with Gasteiger partial charge in [-0.1, -0.05) is 32.4 Å². The molecule has 3 heteroatoms. The van der Waals surface area contributed by atoms with E-state index in [1.807, 2.05) is 13.0 Å². The van der Waals surface area contributed by atoms with Crippen LogP contribution in [0.15, 0.2) is 12.1 Å². The fourth-order valence-corrected chi connectivity index (χ4v) is 2.96. The average Bonchev–Trinajstić information content (AvgIpc) is 2.41. The molecule has 21 heavy (non-hydrogen) atoms. The molecular weight excluding hydrogens is 282 g/mol. The molecule has 2 atom stereocenters. The molecule has 2 unspecified atom stereocenters. The number of halogens is 1. The van der Waals surface area contributed by atoms with E-state index >= 15 is 0 Å². The van der Waals surface area contributed by atoms with Gasteiger partial charge >= 0.3 is 0 Å². The molecule has 0 heterocycles. The number of rotatable bonds is 8. The van der Waals surface area contributed by atoms with Crippen LogP contribution in [0.25, 0.3) is 0 Å². The Labute approximate surface area is 135 Å². The highest BCUT2D eigenvalue weighted by Crippen LogP contribution is 2.40. The Bertz CT molecular complexity index is 443. The third-order valence-electron chi connectivity index (χ3n) is 3.92. The third kappa shape index (κ3) is 5.19. The molecule has 1 aromatic carbocycles. The van der Waals surface area contributed by atoms with Crippen molar-refractivity contribution in [2.45, 2.75) is 71.8 Å². The van der Waals surface area contributed by atoms with Crippen LogP contribution in [-0.4, -0.2) is 12.6 Å². The van der Waals surface area contributed by atoms with Gasteiger partial charge in [-0.05, 0) is 68.2 Å². The molecule has 0 aliphatic heterocycles. The number of nitrogens with two attached hydrogens (primary N) is 1. The summed E-state index contributed by atoms with van der Waals surface area (Å²) < 4.78 is 5.98. The van der Waals surface area contributed by atoms with E-state index in [4.69, 9.17) is 22.1 Å². The average molecular weight is 312 g/mol. The maximum Gasteiger partial charge on any atom is 0.126 e. The summed E-state index contributed by atoms with van der Waals surface area (Å²) in [5, 5.41) is 0.802. The van der Waals surface area contributed by atoms with Gasteiger partial charge in [0.25, 0.3) is 0 Å². The van der Waals surface area contributed by atoms with E-state index in [1.54, 1.807) is 0 Å². The van der Waals surface area contributed by atoms with Crippen molar-refractivity contribution in [3.05, 3.63) is 28.3 Å². The highest BCUT2D eigenvalue weighted by molar-refractivity contribution is 6.30. The molecular formula is C18H30ClNO. The summed E-state index contributed by atoms with van der Waals surface area (Å²) in [5.74, 6) is 1.89. The fourth-order valence-electron chi connectivity index (χ4n) is 2.72. The Morgan fingerprint density at radius 2 is 1.71 bits per heavy atom. The van der Waals surface area contributed by atoms with Crippen LogP contribution in [0.1, 0.15) is 76.8 Å². The maximum absolute atomic E-state index is 6.35. The van der Waals surface area contributed by atoms with Gasteiger partial charge in [-0.15, -0.1) is 0 Å². The van der Waals surface area contributed by atoms with Gasteiger partial charge < -0.3 is 10.5 Å². The molecule has 0 fully saturated rings. The van der Waals surface area contributed by atoms with Gasteiger partial charge in [0, 0.05) is 11.1 Å². The Hall–Kier alpha value is -0.730. The van der Waals surface area contributed by atoms with Crippen molar-refractivity contribution >= 4 is 11.6 Å². The van der Waals surface area contributed by atoms with Crippen molar-refractivity contribution in [3.63, 3.8) is 0 Å². The van der Waals surface area contributed by atoms with Crippen LogP contribution in [0.4, 0.5) is 0 Å². The first-order valence-electron chi connectivity index (χ1n) is 8.12. The number of benzene rings is 1. The molecule has 2 N–H and O–H groups in total. The van der Waals surface area contributed by atoms with Crippen molar-refractivity contribution in [3.8, 4) is 5.75 Å². The standard InChI is InChI=1S/C18H30ClNO/c1-6-14(9-8-13(5)20)17-11-15(19)10-16(12(3)4)18(17)21-7-2/h10-14H,6-9,20H2,1-5H3. The van der Waals surface area contributed by atoms with E-state index in [-0.39, 0.29) is 6.04 Å². The Morgan fingerprint density at radius 3 is 2.19 bits per heavy atom. The maximum atomic E-state index is 6.35. The van der Waals surface area contributed by atoms with E-state index in [2.05, 4.69) is 33.8 Å². The molecule has 0 amide bonds. The molecule has 0 aliphatic carbocycles. The van der Waals surface area contributed by atoms with E-state index in [0.29, 0.717) is 18.4 Å². The lowest BCUT2D eigenvalue weighted by atomic mass is 9.87. The van der Waals surface area contributed by atoms with Gasteiger partial charge in [0.1, 0.15) is 5.75 Å². The summed E-state index contributed by atoms with van der Waals surface area (Å²) in [6, 6.07) is 4.35. The molecule has 0 bridgehead atoms. The zero-order valence-corrected chi connectivity index (χ0v) is 14.8. The van der Waals surface area contributed by atoms with Crippen molar-refractivity contribution < 1.29 is 4.74 Å². The summed E-state index contributed by atoms with van der Waals surface area (Å²) in [6.07, 6.45) is 3.17. The summed E-state index contributed by atoms with van der Waals surface area (Å²) in [7, 11) is 0. The zero-order chi connectivity index (χ0) is 16.0. The molecule has 0 saturated carbocycles. The quantitative estimate of drug-likeness (QED) is 0.689. The smallest absolute Gasteiger partial charge is 0.126 e. The first-order valence-corrected chi connectivity index (χ1v) is 8.50. The highest BCUT2D eigenvalue weighted by atomic mass is 35.5. The largest absolute Gasteiger partial charge is 0.493 e. The van der Waals surface area contributed by atoms with Crippen LogP contribution in [0.5, 0.6) is 5.75 Å². The molecule has 120 valence electrons. The van der Waals surface area contributed by atoms with Crippen LogP contribution in [0.2, 0.25) is 5.02 Å². The van der Waals surface area contributed by atoms with Crippen LogP contribution in [-0.2, 0) is 0 Å². The second-order valence-corrected chi connectivity index (χ2v) is 6.60. The molecule has 0 aromatic heterocycles. The second-order valence-electron chi connectivity index (χ2n) is 6.16. The van der Waals surface area contributed by atoms with Gasteiger partial charge in [-0.3, -0.25) is 0 Å². The van der Waals surface area contributed by atoms with Crippen LogP contribution >= 0.6 is 11.6 Å².